The summed E-state index contributed by atoms with van der Waals surface area (Å²) in [6.45, 7) is 5.34. The SMILES string of the molecule is CN(C(=O)CN1CCN(Cc2ccccc2Cl)CC1)C1CCCCC1. The lowest BCUT2D eigenvalue weighted by atomic mass is 9.94. The minimum Gasteiger partial charge on any atom is -0.342 e. The van der Waals surface area contributed by atoms with Gasteiger partial charge in [0.2, 0.25) is 5.91 Å². The Bertz CT molecular complexity index is 566. The standard InChI is InChI=1S/C20H30ClN3O/c1-22(18-8-3-2-4-9-18)20(25)16-24-13-11-23(12-14-24)15-17-7-5-6-10-19(17)21/h5-7,10,18H,2-4,8-9,11-16H2,1H3. The first kappa shape index (κ1) is 18.7. The Labute approximate surface area is 156 Å². The van der Waals surface area contributed by atoms with Crippen LogP contribution in [0.15, 0.2) is 24.3 Å². The first-order valence-electron chi connectivity index (χ1n) is 9.57. The quantitative estimate of drug-likeness (QED) is 0.803. The predicted octanol–water partition coefficient (Wildman–Crippen LogP) is 3.25. The van der Waals surface area contributed by atoms with E-state index in [1.54, 1.807) is 0 Å². The fourth-order valence-electron chi connectivity index (χ4n) is 3.95. The topological polar surface area (TPSA) is 26.8 Å². The summed E-state index contributed by atoms with van der Waals surface area (Å²) < 4.78 is 0. The van der Waals surface area contributed by atoms with Gasteiger partial charge in [-0.15, -0.1) is 0 Å². The van der Waals surface area contributed by atoms with Gasteiger partial charge >= 0.3 is 0 Å². The maximum Gasteiger partial charge on any atom is 0.236 e. The summed E-state index contributed by atoms with van der Waals surface area (Å²) in [4.78, 5) is 19.3. The summed E-state index contributed by atoms with van der Waals surface area (Å²) in [5.41, 5.74) is 1.19. The molecule has 0 aromatic heterocycles. The maximum absolute atomic E-state index is 12.6. The van der Waals surface area contributed by atoms with Gasteiger partial charge in [0, 0.05) is 50.8 Å². The maximum atomic E-state index is 12.6. The van der Waals surface area contributed by atoms with Crippen molar-refractivity contribution in [2.75, 3.05) is 39.8 Å². The Kier molecular flexibility index (Phi) is 6.74. The highest BCUT2D eigenvalue weighted by Gasteiger charge is 2.25. The van der Waals surface area contributed by atoms with Crippen molar-refractivity contribution in [1.29, 1.82) is 0 Å². The summed E-state index contributed by atoms with van der Waals surface area (Å²) in [6.07, 6.45) is 6.21. The number of halogens is 1. The Balaban J connectivity index is 1.43. The van der Waals surface area contributed by atoms with Crippen LogP contribution >= 0.6 is 11.6 Å². The van der Waals surface area contributed by atoms with Crippen molar-refractivity contribution in [1.82, 2.24) is 14.7 Å². The van der Waals surface area contributed by atoms with Crippen molar-refractivity contribution in [3.8, 4) is 0 Å². The fourth-order valence-corrected chi connectivity index (χ4v) is 4.14. The number of nitrogens with zero attached hydrogens (tertiary/aromatic N) is 3. The molecule has 2 fully saturated rings. The molecule has 1 aliphatic heterocycles. The van der Waals surface area contributed by atoms with Crippen molar-refractivity contribution in [2.45, 2.75) is 44.7 Å². The lowest BCUT2D eigenvalue weighted by molar-refractivity contribution is -0.134. The number of carbonyl (C=O) groups is 1. The largest absolute Gasteiger partial charge is 0.342 e. The first-order chi connectivity index (χ1) is 12.1. The van der Waals surface area contributed by atoms with Crippen molar-refractivity contribution < 1.29 is 4.79 Å². The van der Waals surface area contributed by atoms with E-state index < -0.39 is 0 Å². The van der Waals surface area contributed by atoms with E-state index in [1.165, 1.54) is 37.7 Å². The number of likely N-dealkylation sites (N-methyl/N-ethyl adjacent to an activating group) is 1. The van der Waals surface area contributed by atoms with E-state index in [4.69, 9.17) is 11.6 Å². The van der Waals surface area contributed by atoms with Gasteiger partial charge in [0.05, 0.1) is 6.54 Å². The van der Waals surface area contributed by atoms with Crippen LogP contribution in [0.2, 0.25) is 5.02 Å². The van der Waals surface area contributed by atoms with Gasteiger partial charge in [-0.25, -0.2) is 0 Å². The second-order valence-electron chi connectivity index (χ2n) is 7.44. The minimum atomic E-state index is 0.284. The third-order valence-corrected chi connectivity index (χ3v) is 6.06. The van der Waals surface area contributed by atoms with Crippen LogP contribution in [0.5, 0.6) is 0 Å². The van der Waals surface area contributed by atoms with Crippen molar-refractivity contribution in [3.05, 3.63) is 34.9 Å². The van der Waals surface area contributed by atoms with E-state index >= 15 is 0 Å². The van der Waals surface area contributed by atoms with Gasteiger partial charge in [-0.2, -0.15) is 0 Å². The number of hydrogen-bond acceptors (Lipinski definition) is 3. The van der Waals surface area contributed by atoms with E-state index in [9.17, 15) is 4.79 Å². The molecule has 0 N–H and O–H groups in total. The second kappa shape index (κ2) is 9.02. The summed E-state index contributed by atoms with van der Waals surface area (Å²) in [6, 6.07) is 8.52. The van der Waals surface area contributed by atoms with Crippen molar-refractivity contribution in [2.24, 2.45) is 0 Å². The van der Waals surface area contributed by atoms with Gasteiger partial charge < -0.3 is 4.90 Å². The molecular weight excluding hydrogens is 334 g/mol. The third kappa shape index (κ3) is 5.19. The van der Waals surface area contributed by atoms with Crippen LogP contribution in [0, 0.1) is 0 Å². The molecular formula is C20H30ClN3O. The van der Waals surface area contributed by atoms with Crippen molar-refractivity contribution in [3.63, 3.8) is 0 Å². The zero-order chi connectivity index (χ0) is 17.6. The molecule has 1 saturated carbocycles. The van der Waals surface area contributed by atoms with Crippen LogP contribution in [-0.2, 0) is 11.3 Å². The summed E-state index contributed by atoms with van der Waals surface area (Å²) in [5.74, 6) is 0.284. The predicted molar refractivity (Wildman–Crippen MR) is 103 cm³/mol. The van der Waals surface area contributed by atoms with E-state index in [0.717, 1.165) is 37.7 Å². The molecule has 4 nitrogen and oxygen atoms in total. The minimum absolute atomic E-state index is 0.284. The molecule has 1 aromatic carbocycles. The molecule has 0 spiro atoms. The van der Waals surface area contributed by atoms with Crippen LogP contribution in [0.3, 0.4) is 0 Å². The van der Waals surface area contributed by atoms with Crippen molar-refractivity contribution >= 4 is 17.5 Å². The molecule has 1 heterocycles. The van der Waals surface area contributed by atoms with Gasteiger partial charge in [0.15, 0.2) is 0 Å². The van der Waals surface area contributed by atoms with E-state index in [1.807, 2.05) is 30.1 Å². The molecule has 1 aliphatic carbocycles. The van der Waals surface area contributed by atoms with Gasteiger partial charge in [0.25, 0.3) is 0 Å². The van der Waals surface area contributed by atoms with E-state index in [0.29, 0.717) is 12.6 Å². The second-order valence-corrected chi connectivity index (χ2v) is 7.85. The number of benzene rings is 1. The molecule has 0 bridgehead atoms. The van der Waals surface area contributed by atoms with E-state index in [-0.39, 0.29) is 5.91 Å². The van der Waals surface area contributed by atoms with Gasteiger partial charge in [-0.1, -0.05) is 49.1 Å². The summed E-state index contributed by atoms with van der Waals surface area (Å²) >= 11 is 6.26. The molecule has 138 valence electrons. The van der Waals surface area contributed by atoms with E-state index in [2.05, 4.69) is 15.9 Å². The molecule has 1 amide bonds. The van der Waals surface area contributed by atoms with Crippen LogP contribution in [-0.4, -0.2) is 66.4 Å². The van der Waals surface area contributed by atoms with Crippen LogP contribution < -0.4 is 0 Å². The van der Waals surface area contributed by atoms with Gasteiger partial charge in [-0.3, -0.25) is 14.6 Å². The molecule has 1 saturated heterocycles. The molecule has 0 atom stereocenters. The number of rotatable bonds is 5. The molecule has 3 rings (SSSR count). The fraction of sp³-hybridized carbons (Fsp3) is 0.650. The first-order valence-corrected chi connectivity index (χ1v) is 9.95. The smallest absolute Gasteiger partial charge is 0.236 e. The number of amides is 1. The number of carbonyl (C=O) groups excluding carboxylic acids is 1. The highest BCUT2D eigenvalue weighted by molar-refractivity contribution is 6.31. The van der Waals surface area contributed by atoms with Crippen LogP contribution in [0.1, 0.15) is 37.7 Å². The Hall–Kier alpha value is -1.10. The van der Waals surface area contributed by atoms with Gasteiger partial charge in [-0.05, 0) is 24.5 Å². The molecule has 25 heavy (non-hydrogen) atoms. The number of piperazine rings is 1. The number of hydrogen-bond donors (Lipinski definition) is 0. The van der Waals surface area contributed by atoms with Crippen LogP contribution in [0.25, 0.3) is 0 Å². The molecule has 1 aromatic rings. The highest BCUT2D eigenvalue weighted by Crippen LogP contribution is 2.22. The Morgan fingerprint density at radius 1 is 1.08 bits per heavy atom. The Morgan fingerprint density at radius 3 is 2.40 bits per heavy atom. The molecule has 0 radical (unpaired) electrons. The molecule has 2 aliphatic rings. The zero-order valence-corrected chi connectivity index (χ0v) is 16.0. The highest BCUT2D eigenvalue weighted by atomic mass is 35.5. The average Bonchev–Trinajstić information content (AvgIpc) is 2.65. The third-order valence-electron chi connectivity index (χ3n) is 5.69. The lowest BCUT2D eigenvalue weighted by Gasteiger charge is -2.37. The Morgan fingerprint density at radius 2 is 1.72 bits per heavy atom. The molecule has 5 heteroatoms. The normalized spacial score (nSPS) is 20.6. The lowest BCUT2D eigenvalue weighted by Crippen LogP contribution is -2.50. The zero-order valence-electron chi connectivity index (χ0n) is 15.3. The summed E-state index contributed by atoms with van der Waals surface area (Å²) in [7, 11) is 1.99. The monoisotopic (exact) mass is 363 g/mol. The molecule has 0 unspecified atom stereocenters. The average molecular weight is 364 g/mol. The summed E-state index contributed by atoms with van der Waals surface area (Å²) in [5, 5.41) is 0.842. The van der Waals surface area contributed by atoms with Crippen LogP contribution in [0.4, 0.5) is 0 Å². The van der Waals surface area contributed by atoms with Gasteiger partial charge in [0.1, 0.15) is 0 Å².